The number of piperidine rings is 1. The number of nitrogens with one attached hydrogen (secondary N) is 2. The molecule has 2 aromatic heterocycles. The largest absolute Gasteiger partial charge is 0.348 e. The smallest absolute Gasteiger partial charge is 0.253 e. The Bertz CT molecular complexity index is 1320. The Balaban J connectivity index is 1.21. The van der Waals surface area contributed by atoms with Crippen molar-refractivity contribution in [3.05, 3.63) is 66.1 Å². The number of imidazole rings is 1. The molecule has 1 aromatic carbocycles. The maximum Gasteiger partial charge on any atom is 0.253 e. The van der Waals surface area contributed by atoms with E-state index in [9.17, 15) is 18.0 Å². The molecule has 0 spiro atoms. The summed E-state index contributed by atoms with van der Waals surface area (Å²) in [5.41, 5.74) is 1.52. The Morgan fingerprint density at radius 1 is 1.19 bits per heavy atom. The molecule has 10 heteroatoms. The van der Waals surface area contributed by atoms with E-state index in [1.807, 2.05) is 0 Å². The molecule has 0 radical (unpaired) electrons. The predicted molar refractivity (Wildman–Crippen MR) is 116 cm³/mol. The summed E-state index contributed by atoms with van der Waals surface area (Å²) in [7, 11) is -3.70. The van der Waals surface area contributed by atoms with Crippen LogP contribution in [0.25, 0.3) is 5.65 Å². The van der Waals surface area contributed by atoms with Crippen molar-refractivity contribution < 1.29 is 18.0 Å². The Hall–Kier alpha value is -3.24. The summed E-state index contributed by atoms with van der Waals surface area (Å²) in [5, 5.41) is 2.84. The average Bonchev–Trinajstić information content (AvgIpc) is 3.10. The molecule has 1 aliphatic heterocycles. The lowest BCUT2D eigenvalue weighted by Crippen LogP contribution is -2.43. The van der Waals surface area contributed by atoms with E-state index in [1.54, 1.807) is 52.2 Å². The number of carbonyl (C=O) groups excluding carboxylic acids is 2. The van der Waals surface area contributed by atoms with Gasteiger partial charge in [0.15, 0.2) is 0 Å². The minimum Gasteiger partial charge on any atom is -0.348 e. The summed E-state index contributed by atoms with van der Waals surface area (Å²) in [6, 6.07) is 9.92. The molecule has 32 heavy (non-hydrogen) atoms. The van der Waals surface area contributed by atoms with Gasteiger partial charge in [-0.15, -0.1) is 0 Å². The highest BCUT2D eigenvalue weighted by Gasteiger charge is 2.62. The van der Waals surface area contributed by atoms with Crippen LogP contribution in [0.15, 0.2) is 59.9 Å². The number of rotatable bonds is 6. The van der Waals surface area contributed by atoms with E-state index in [0.29, 0.717) is 18.7 Å². The Labute approximate surface area is 185 Å². The molecule has 2 N–H and O–H groups in total. The van der Waals surface area contributed by atoms with Gasteiger partial charge in [-0.05, 0) is 42.2 Å². The van der Waals surface area contributed by atoms with Gasteiger partial charge in [0.1, 0.15) is 5.65 Å². The van der Waals surface area contributed by atoms with E-state index in [1.165, 1.54) is 19.1 Å². The quantitative estimate of drug-likeness (QED) is 0.582. The molecular formula is C22H23N5O4S. The third kappa shape index (κ3) is 3.76. The number of carbonyl (C=O) groups is 2. The second-order valence-electron chi connectivity index (χ2n) is 8.50. The third-order valence-corrected chi connectivity index (χ3v) is 7.83. The second-order valence-corrected chi connectivity index (χ2v) is 10.2. The topological polar surface area (TPSA) is 113 Å². The molecule has 1 saturated carbocycles. The molecule has 166 valence electrons. The molecule has 2 fully saturated rings. The zero-order chi connectivity index (χ0) is 22.5. The number of sulfonamides is 1. The van der Waals surface area contributed by atoms with Gasteiger partial charge >= 0.3 is 0 Å². The monoisotopic (exact) mass is 453 g/mol. The average molecular weight is 454 g/mol. The van der Waals surface area contributed by atoms with Gasteiger partial charge in [0.25, 0.3) is 5.91 Å². The van der Waals surface area contributed by atoms with Crippen molar-refractivity contribution in [3.8, 4) is 0 Å². The normalized spacial score (nSPS) is 22.0. The van der Waals surface area contributed by atoms with Crippen molar-refractivity contribution >= 4 is 27.5 Å². The summed E-state index contributed by atoms with van der Waals surface area (Å²) in [5.74, 6) is -0.0848. The summed E-state index contributed by atoms with van der Waals surface area (Å²) in [6.07, 6.45) is 5.90. The zero-order valence-electron chi connectivity index (χ0n) is 17.5. The molecule has 9 nitrogen and oxygen atoms in total. The number of amides is 2. The first-order valence-electron chi connectivity index (χ1n) is 10.4. The molecule has 2 unspecified atom stereocenters. The van der Waals surface area contributed by atoms with Gasteiger partial charge in [0.05, 0.1) is 16.0 Å². The van der Waals surface area contributed by atoms with E-state index in [2.05, 4.69) is 15.0 Å². The van der Waals surface area contributed by atoms with Crippen LogP contribution in [0.3, 0.4) is 0 Å². The van der Waals surface area contributed by atoms with Crippen molar-refractivity contribution in [2.24, 2.45) is 5.92 Å². The number of hydrogen-bond acceptors (Lipinski definition) is 5. The van der Waals surface area contributed by atoms with Crippen molar-refractivity contribution in [2.75, 3.05) is 13.1 Å². The summed E-state index contributed by atoms with van der Waals surface area (Å²) in [6.45, 7) is 2.79. The Kier molecular flexibility index (Phi) is 4.79. The molecule has 1 aliphatic carbocycles. The lowest BCUT2D eigenvalue weighted by atomic mass is 10.2. The molecule has 2 aliphatic rings. The van der Waals surface area contributed by atoms with Crippen LogP contribution in [0, 0.1) is 5.92 Å². The van der Waals surface area contributed by atoms with Crippen LogP contribution in [0.5, 0.6) is 0 Å². The number of nitrogens with zero attached hydrogens (tertiary/aromatic N) is 3. The van der Waals surface area contributed by atoms with Crippen LogP contribution >= 0.6 is 0 Å². The van der Waals surface area contributed by atoms with Crippen molar-refractivity contribution in [2.45, 2.75) is 30.3 Å². The van der Waals surface area contributed by atoms with Gasteiger partial charge in [-0.2, -0.15) is 0 Å². The van der Waals surface area contributed by atoms with Gasteiger partial charge < -0.3 is 14.6 Å². The molecule has 2 amide bonds. The van der Waals surface area contributed by atoms with Gasteiger partial charge in [-0.1, -0.05) is 12.1 Å². The van der Waals surface area contributed by atoms with Crippen LogP contribution in [-0.4, -0.2) is 53.1 Å². The van der Waals surface area contributed by atoms with E-state index in [4.69, 9.17) is 0 Å². The SMILES string of the molecule is CC(=O)N1CC2CC2(NS(=O)(=O)c2ccc(CNC(=O)c3ccc4nccn4c3)cc2)C1. The molecule has 2 atom stereocenters. The van der Waals surface area contributed by atoms with E-state index in [-0.39, 0.29) is 29.2 Å². The molecule has 5 rings (SSSR count). The van der Waals surface area contributed by atoms with Gasteiger partial charge in [0, 0.05) is 45.1 Å². The van der Waals surface area contributed by atoms with Gasteiger partial charge in [0.2, 0.25) is 15.9 Å². The first-order chi connectivity index (χ1) is 15.3. The minimum absolute atomic E-state index is 0.0351. The Morgan fingerprint density at radius 2 is 1.97 bits per heavy atom. The zero-order valence-corrected chi connectivity index (χ0v) is 18.3. The predicted octanol–water partition coefficient (Wildman–Crippen LogP) is 1.16. The highest BCUT2D eigenvalue weighted by molar-refractivity contribution is 7.89. The van der Waals surface area contributed by atoms with Crippen LogP contribution in [-0.2, 0) is 21.4 Å². The number of likely N-dealkylation sites (tertiary alicyclic amines) is 1. The number of benzene rings is 1. The first-order valence-corrected chi connectivity index (χ1v) is 11.8. The molecule has 3 aromatic rings. The highest BCUT2D eigenvalue weighted by Crippen LogP contribution is 2.50. The summed E-state index contributed by atoms with van der Waals surface area (Å²) >= 11 is 0. The van der Waals surface area contributed by atoms with Gasteiger partial charge in [-0.25, -0.2) is 18.1 Å². The minimum atomic E-state index is -3.70. The lowest BCUT2D eigenvalue weighted by molar-refractivity contribution is -0.128. The van der Waals surface area contributed by atoms with Crippen LogP contribution in [0.1, 0.15) is 29.3 Å². The van der Waals surface area contributed by atoms with Crippen LogP contribution in [0.4, 0.5) is 0 Å². The number of fused-ring (bicyclic) bond motifs is 2. The van der Waals surface area contributed by atoms with E-state index >= 15 is 0 Å². The third-order valence-electron chi connectivity index (χ3n) is 6.27. The fourth-order valence-electron chi connectivity index (χ4n) is 4.33. The highest BCUT2D eigenvalue weighted by atomic mass is 32.2. The summed E-state index contributed by atoms with van der Waals surface area (Å²) in [4.78, 5) is 30.0. The van der Waals surface area contributed by atoms with Crippen LogP contribution < -0.4 is 10.0 Å². The summed E-state index contributed by atoms with van der Waals surface area (Å²) < 4.78 is 30.3. The molecular weight excluding hydrogens is 430 g/mol. The molecule has 3 heterocycles. The fourth-order valence-corrected chi connectivity index (χ4v) is 5.80. The van der Waals surface area contributed by atoms with Gasteiger partial charge in [-0.3, -0.25) is 9.59 Å². The van der Waals surface area contributed by atoms with Crippen molar-refractivity contribution in [1.82, 2.24) is 24.3 Å². The second kappa shape index (κ2) is 7.42. The number of hydrogen-bond donors (Lipinski definition) is 2. The lowest BCUT2D eigenvalue weighted by Gasteiger charge is -2.20. The van der Waals surface area contributed by atoms with Crippen molar-refractivity contribution in [1.29, 1.82) is 0 Å². The first kappa shape index (κ1) is 20.7. The number of aromatic nitrogens is 2. The Morgan fingerprint density at radius 3 is 2.69 bits per heavy atom. The van der Waals surface area contributed by atoms with E-state index in [0.717, 1.165) is 17.6 Å². The molecule has 0 bridgehead atoms. The van der Waals surface area contributed by atoms with Crippen molar-refractivity contribution in [3.63, 3.8) is 0 Å². The maximum absolute atomic E-state index is 12.9. The van der Waals surface area contributed by atoms with E-state index < -0.39 is 15.6 Å². The fraction of sp³-hybridized carbons (Fsp3) is 0.318. The maximum atomic E-state index is 12.9. The molecule has 1 saturated heterocycles. The van der Waals surface area contributed by atoms with Crippen LogP contribution in [0.2, 0.25) is 0 Å². The standard InChI is InChI=1S/C22H23N5O4S/c1-15(28)27-13-18-10-22(18,14-27)25-32(30,31)19-5-2-16(3-6-19)11-24-21(29)17-4-7-20-23-8-9-26(20)12-17/h2-9,12,18,25H,10-11,13-14H2,1H3,(H,24,29). The number of pyridine rings is 1.